The number of sulfonamides is 1. The number of pyridine rings is 1. The SMILES string of the molecule is CNC(=O)c1c(-c2ccc(Cc3ccccc3)cc2)oc2nc(N(CCCCC(=O)O)S(C)(=O)=O)c(C3CC3)cc12. The van der Waals surface area contributed by atoms with Crippen LogP contribution < -0.4 is 9.62 Å². The highest BCUT2D eigenvalue weighted by Gasteiger charge is 2.34. The molecule has 1 aliphatic carbocycles. The minimum absolute atomic E-state index is 0.0410. The van der Waals surface area contributed by atoms with E-state index in [1.54, 1.807) is 7.05 Å². The molecule has 0 saturated heterocycles. The second-order valence-corrected chi connectivity index (χ2v) is 12.4. The third-order valence-corrected chi connectivity index (χ3v) is 8.42. The Hall–Kier alpha value is -4.18. The van der Waals surface area contributed by atoms with Crippen LogP contribution in [0.4, 0.5) is 5.82 Å². The molecule has 2 aromatic carbocycles. The molecular weight excluding hydrogens is 542 g/mol. The number of benzene rings is 2. The first-order valence-corrected chi connectivity index (χ1v) is 15.5. The molecule has 10 heteroatoms. The third-order valence-electron chi connectivity index (χ3n) is 7.27. The smallest absolute Gasteiger partial charge is 0.303 e. The van der Waals surface area contributed by atoms with Crippen LogP contribution >= 0.6 is 0 Å². The molecule has 4 aromatic rings. The molecule has 0 aliphatic heterocycles. The average molecular weight is 576 g/mol. The number of fused-ring (bicyclic) bond motifs is 1. The van der Waals surface area contributed by atoms with Gasteiger partial charge in [0.15, 0.2) is 0 Å². The van der Waals surface area contributed by atoms with E-state index in [1.807, 2.05) is 48.5 Å². The van der Waals surface area contributed by atoms with Gasteiger partial charge in [-0.15, -0.1) is 0 Å². The molecule has 2 N–H and O–H groups in total. The number of nitrogens with zero attached hydrogens (tertiary/aromatic N) is 2. The molecule has 2 aromatic heterocycles. The van der Waals surface area contributed by atoms with Crippen molar-refractivity contribution < 1.29 is 27.5 Å². The standard InChI is InChI=1S/C31H33N3O6S/c1-32-30(37)27-25-19-24(22-15-16-22)29(34(41(2,38)39)17-7-6-10-26(35)36)33-31(25)40-28(27)23-13-11-21(12-14-23)18-20-8-4-3-5-9-20/h3-5,8-9,11-14,19,22H,6-7,10,15-18H2,1-2H3,(H,32,37)(H,35,36). The first-order valence-electron chi connectivity index (χ1n) is 13.7. The van der Waals surface area contributed by atoms with Gasteiger partial charge in [0.25, 0.3) is 5.91 Å². The fraction of sp³-hybridized carbons (Fsp3) is 0.323. The number of aliphatic carboxylic acids is 1. The zero-order valence-electron chi connectivity index (χ0n) is 23.1. The van der Waals surface area contributed by atoms with Gasteiger partial charge in [-0.25, -0.2) is 8.42 Å². The van der Waals surface area contributed by atoms with Crippen LogP contribution in [0.3, 0.4) is 0 Å². The Kier molecular flexibility index (Phi) is 8.12. The van der Waals surface area contributed by atoms with Crippen LogP contribution in [0.2, 0.25) is 0 Å². The normalized spacial score (nSPS) is 13.3. The quantitative estimate of drug-likeness (QED) is 0.218. The number of carbonyl (C=O) groups is 2. The van der Waals surface area contributed by atoms with E-state index in [0.29, 0.717) is 35.1 Å². The summed E-state index contributed by atoms with van der Waals surface area (Å²) < 4.78 is 33.2. The lowest BCUT2D eigenvalue weighted by Gasteiger charge is -2.23. The maximum absolute atomic E-state index is 13.1. The van der Waals surface area contributed by atoms with E-state index in [4.69, 9.17) is 14.5 Å². The Bertz CT molecular complexity index is 1680. The number of rotatable bonds is 12. The van der Waals surface area contributed by atoms with Crippen molar-refractivity contribution in [2.45, 2.75) is 44.4 Å². The van der Waals surface area contributed by atoms with Crippen LogP contribution in [-0.4, -0.2) is 50.2 Å². The summed E-state index contributed by atoms with van der Waals surface area (Å²) in [4.78, 5) is 28.8. The van der Waals surface area contributed by atoms with Crippen molar-refractivity contribution in [1.29, 1.82) is 0 Å². The summed E-state index contributed by atoms with van der Waals surface area (Å²) in [6.07, 6.45) is 4.33. The summed E-state index contributed by atoms with van der Waals surface area (Å²) >= 11 is 0. The number of amides is 1. The Morgan fingerprint density at radius 3 is 2.34 bits per heavy atom. The van der Waals surface area contributed by atoms with Crippen molar-refractivity contribution in [3.63, 3.8) is 0 Å². The molecule has 1 saturated carbocycles. The molecular formula is C31H33N3O6S. The van der Waals surface area contributed by atoms with Crippen LogP contribution in [0.25, 0.3) is 22.4 Å². The van der Waals surface area contributed by atoms with E-state index in [1.165, 1.54) is 9.87 Å². The zero-order valence-corrected chi connectivity index (χ0v) is 23.9. The molecule has 0 radical (unpaired) electrons. The zero-order chi connectivity index (χ0) is 29.1. The van der Waals surface area contributed by atoms with Crippen LogP contribution in [0.1, 0.15) is 65.1 Å². The lowest BCUT2D eigenvalue weighted by atomic mass is 10.00. The highest BCUT2D eigenvalue weighted by Crippen LogP contribution is 2.46. The van der Waals surface area contributed by atoms with Crippen molar-refractivity contribution in [3.05, 3.63) is 82.9 Å². The first kappa shape index (κ1) is 28.4. The monoisotopic (exact) mass is 575 g/mol. The largest absolute Gasteiger partial charge is 0.481 e. The average Bonchev–Trinajstić information content (AvgIpc) is 3.72. The molecule has 0 bridgehead atoms. The van der Waals surface area contributed by atoms with Crippen molar-refractivity contribution in [3.8, 4) is 11.3 Å². The Morgan fingerprint density at radius 2 is 1.73 bits per heavy atom. The maximum atomic E-state index is 13.1. The van der Waals surface area contributed by atoms with E-state index >= 15 is 0 Å². The van der Waals surface area contributed by atoms with E-state index in [-0.39, 0.29) is 36.3 Å². The van der Waals surface area contributed by atoms with Crippen LogP contribution in [-0.2, 0) is 21.2 Å². The van der Waals surface area contributed by atoms with Crippen molar-refractivity contribution in [1.82, 2.24) is 10.3 Å². The fourth-order valence-electron chi connectivity index (χ4n) is 5.04. The summed E-state index contributed by atoms with van der Waals surface area (Å²) in [6, 6.07) is 19.8. The lowest BCUT2D eigenvalue weighted by Crippen LogP contribution is -2.32. The third kappa shape index (κ3) is 6.43. The minimum atomic E-state index is -3.72. The number of unbranched alkanes of at least 4 members (excludes halogenated alkanes) is 1. The fourth-order valence-corrected chi connectivity index (χ4v) is 5.96. The van der Waals surface area contributed by atoms with Gasteiger partial charge in [-0.3, -0.25) is 13.9 Å². The van der Waals surface area contributed by atoms with Gasteiger partial charge in [0.05, 0.1) is 17.2 Å². The molecule has 1 amide bonds. The van der Waals surface area contributed by atoms with E-state index in [2.05, 4.69) is 17.4 Å². The molecule has 5 rings (SSSR count). The molecule has 1 fully saturated rings. The molecule has 0 unspecified atom stereocenters. The van der Waals surface area contributed by atoms with E-state index in [9.17, 15) is 18.0 Å². The number of carbonyl (C=O) groups excluding carboxylic acids is 1. The molecule has 9 nitrogen and oxygen atoms in total. The van der Waals surface area contributed by atoms with Gasteiger partial charge in [-0.2, -0.15) is 4.98 Å². The van der Waals surface area contributed by atoms with E-state index in [0.717, 1.165) is 36.6 Å². The summed E-state index contributed by atoms with van der Waals surface area (Å²) in [5, 5.41) is 12.2. The summed E-state index contributed by atoms with van der Waals surface area (Å²) in [5.74, 6) is -0.480. The van der Waals surface area contributed by atoms with Gasteiger partial charge in [0.1, 0.15) is 11.6 Å². The number of anilines is 1. The van der Waals surface area contributed by atoms with Crippen LogP contribution in [0.5, 0.6) is 0 Å². The second-order valence-electron chi connectivity index (χ2n) is 10.5. The van der Waals surface area contributed by atoms with Crippen LogP contribution in [0, 0.1) is 0 Å². The predicted octanol–water partition coefficient (Wildman–Crippen LogP) is 5.34. The van der Waals surface area contributed by atoms with Gasteiger partial charge in [-0.05, 0) is 60.8 Å². The van der Waals surface area contributed by atoms with Gasteiger partial charge in [0, 0.05) is 25.6 Å². The minimum Gasteiger partial charge on any atom is -0.481 e. The number of carboxylic acid groups (broad SMARTS) is 1. The van der Waals surface area contributed by atoms with Gasteiger partial charge < -0.3 is 14.8 Å². The number of hydrogen-bond acceptors (Lipinski definition) is 6. The number of furan rings is 1. The number of hydrogen-bond donors (Lipinski definition) is 2. The van der Waals surface area contributed by atoms with Gasteiger partial charge in [-0.1, -0.05) is 54.6 Å². The molecule has 1 aliphatic rings. The maximum Gasteiger partial charge on any atom is 0.303 e. The van der Waals surface area contributed by atoms with E-state index < -0.39 is 16.0 Å². The summed E-state index contributed by atoms with van der Waals surface area (Å²) in [6.45, 7) is 0.100. The molecule has 2 heterocycles. The van der Waals surface area contributed by atoms with Crippen molar-refractivity contribution in [2.24, 2.45) is 0 Å². The molecule has 0 atom stereocenters. The number of nitrogens with one attached hydrogen (secondary N) is 1. The number of aromatic nitrogens is 1. The van der Waals surface area contributed by atoms with Gasteiger partial charge in [0.2, 0.25) is 15.7 Å². The molecule has 214 valence electrons. The Balaban J connectivity index is 1.57. The topological polar surface area (TPSA) is 130 Å². The van der Waals surface area contributed by atoms with Gasteiger partial charge >= 0.3 is 5.97 Å². The Morgan fingerprint density at radius 1 is 1.05 bits per heavy atom. The first-order chi connectivity index (χ1) is 19.7. The highest BCUT2D eigenvalue weighted by atomic mass is 32.2. The second kappa shape index (κ2) is 11.7. The lowest BCUT2D eigenvalue weighted by molar-refractivity contribution is -0.137. The van der Waals surface area contributed by atoms with Crippen molar-refractivity contribution >= 4 is 38.8 Å². The predicted molar refractivity (Wildman–Crippen MR) is 158 cm³/mol. The molecule has 41 heavy (non-hydrogen) atoms. The molecule has 0 spiro atoms. The summed E-state index contributed by atoms with van der Waals surface area (Å²) in [7, 11) is -2.16. The highest BCUT2D eigenvalue weighted by molar-refractivity contribution is 7.92. The van der Waals surface area contributed by atoms with Crippen LogP contribution in [0.15, 0.2) is 65.1 Å². The number of carboxylic acids is 1. The summed E-state index contributed by atoms with van der Waals surface area (Å²) in [5.41, 5.74) is 4.29. The Labute approximate surface area is 239 Å². The van der Waals surface area contributed by atoms with Crippen molar-refractivity contribution in [2.75, 3.05) is 24.2 Å².